The average Bonchev–Trinajstić information content (AvgIpc) is 3.12. The fourth-order valence-corrected chi connectivity index (χ4v) is 4.30. The number of carbonyl (C=O) groups is 1. The fraction of sp³-hybridized carbons (Fsp3) is 0.611. The normalized spacial score (nSPS) is 22.5. The first-order chi connectivity index (χ1) is 11.2. The number of hydrogen-bond acceptors (Lipinski definition) is 4. The van der Waals surface area contributed by atoms with Crippen LogP contribution in [0.3, 0.4) is 0 Å². The number of likely N-dealkylation sites (tertiary alicyclic amines) is 1. The summed E-state index contributed by atoms with van der Waals surface area (Å²) in [6, 6.07) is 10.8. The topological polar surface area (TPSA) is 44.4 Å². The molecule has 0 spiro atoms. The quantitative estimate of drug-likeness (QED) is 0.789. The van der Waals surface area contributed by atoms with Crippen LogP contribution in [-0.2, 0) is 4.79 Å². The number of hydrogen-bond donors (Lipinski definition) is 2. The van der Waals surface area contributed by atoms with Crippen molar-refractivity contribution in [3.8, 4) is 0 Å². The van der Waals surface area contributed by atoms with Gasteiger partial charge in [0.2, 0.25) is 5.91 Å². The third-order valence-electron chi connectivity index (χ3n) is 4.95. The summed E-state index contributed by atoms with van der Waals surface area (Å²) < 4.78 is 0. The monoisotopic (exact) mass is 405 g/mol. The van der Waals surface area contributed by atoms with Crippen molar-refractivity contribution in [2.24, 2.45) is 5.92 Å². The van der Waals surface area contributed by atoms with Crippen molar-refractivity contribution in [2.45, 2.75) is 31.8 Å². The first kappa shape index (κ1) is 22.6. The number of piperidine rings is 1. The zero-order chi connectivity index (χ0) is 16.1. The van der Waals surface area contributed by atoms with Gasteiger partial charge in [0, 0.05) is 18.2 Å². The summed E-state index contributed by atoms with van der Waals surface area (Å²) in [4.78, 5) is 14.8. The molecule has 25 heavy (non-hydrogen) atoms. The highest BCUT2D eigenvalue weighted by molar-refractivity contribution is 7.99. The predicted molar refractivity (Wildman–Crippen MR) is 111 cm³/mol. The molecule has 0 bridgehead atoms. The van der Waals surface area contributed by atoms with Crippen LogP contribution >= 0.6 is 36.6 Å². The van der Waals surface area contributed by atoms with E-state index >= 15 is 0 Å². The molecule has 2 saturated heterocycles. The van der Waals surface area contributed by atoms with Crippen molar-refractivity contribution in [2.75, 3.05) is 31.3 Å². The highest BCUT2D eigenvalue weighted by Crippen LogP contribution is 2.26. The molecule has 2 atom stereocenters. The lowest BCUT2D eigenvalue weighted by Crippen LogP contribution is -2.46. The average molecular weight is 406 g/mol. The van der Waals surface area contributed by atoms with E-state index in [1.54, 1.807) is 11.8 Å². The van der Waals surface area contributed by atoms with E-state index in [1.807, 2.05) is 0 Å². The van der Waals surface area contributed by atoms with Crippen LogP contribution in [0.5, 0.6) is 0 Å². The van der Waals surface area contributed by atoms with Gasteiger partial charge in [-0.15, -0.1) is 36.6 Å². The third kappa shape index (κ3) is 6.33. The van der Waals surface area contributed by atoms with Crippen molar-refractivity contribution < 1.29 is 4.79 Å². The number of amides is 1. The van der Waals surface area contributed by atoms with Gasteiger partial charge in [0.1, 0.15) is 0 Å². The number of nitrogens with zero attached hydrogens (tertiary/aromatic N) is 1. The van der Waals surface area contributed by atoms with Gasteiger partial charge >= 0.3 is 0 Å². The summed E-state index contributed by atoms with van der Waals surface area (Å²) in [5, 5.41) is 6.42. The van der Waals surface area contributed by atoms with Crippen LogP contribution in [0.25, 0.3) is 0 Å². The second kappa shape index (κ2) is 11.3. The first-order valence-electron chi connectivity index (χ1n) is 8.62. The van der Waals surface area contributed by atoms with E-state index < -0.39 is 0 Å². The molecule has 2 fully saturated rings. The van der Waals surface area contributed by atoms with Gasteiger partial charge in [0.15, 0.2) is 0 Å². The zero-order valence-corrected chi connectivity index (χ0v) is 17.1. The molecule has 1 aromatic carbocycles. The molecular weight excluding hydrogens is 377 g/mol. The molecule has 2 N–H and O–H groups in total. The van der Waals surface area contributed by atoms with Gasteiger partial charge in [0.25, 0.3) is 0 Å². The molecule has 0 aliphatic carbocycles. The molecule has 4 nitrogen and oxygen atoms in total. The lowest BCUT2D eigenvalue weighted by molar-refractivity contribution is -0.122. The van der Waals surface area contributed by atoms with Crippen LogP contribution in [0.4, 0.5) is 0 Å². The highest BCUT2D eigenvalue weighted by atomic mass is 35.5. The van der Waals surface area contributed by atoms with Crippen LogP contribution in [0.2, 0.25) is 0 Å². The molecule has 142 valence electrons. The molecule has 1 aromatic rings. The van der Waals surface area contributed by atoms with E-state index in [0.717, 1.165) is 30.6 Å². The standard InChI is InChI=1S/C18H27N3OS.2ClH/c1-14-7-9-21(10-8-14)17(15-5-3-2-4-6-15)11-19-18(22)16-12-23-13-20-16;;/h2-6,14,16-17,20H,7-13H2,1H3,(H,19,22);2*1H. The molecule has 3 rings (SSSR count). The van der Waals surface area contributed by atoms with Crippen molar-refractivity contribution in [1.29, 1.82) is 0 Å². The Morgan fingerprint density at radius 1 is 1.28 bits per heavy atom. The number of nitrogens with one attached hydrogen (secondary N) is 2. The lowest BCUT2D eigenvalue weighted by Gasteiger charge is -2.37. The number of benzene rings is 1. The summed E-state index contributed by atoms with van der Waals surface area (Å²) in [5.41, 5.74) is 1.30. The van der Waals surface area contributed by atoms with E-state index in [2.05, 4.69) is 52.8 Å². The summed E-state index contributed by atoms with van der Waals surface area (Å²) in [5.74, 6) is 2.71. The molecule has 1 amide bonds. The van der Waals surface area contributed by atoms with E-state index in [1.165, 1.54) is 18.4 Å². The van der Waals surface area contributed by atoms with Crippen molar-refractivity contribution in [3.63, 3.8) is 0 Å². The van der Waals surface area contributed by atoms with Crippen molar-refractivity contribution in [1.82, 2.24) is 15.5 Å². The molecule has 2 aliphatic rings. The second-order valence-corrected chi connectivity index (χ2v) is 7.69. The number of carbonyl (C=O) groups excluding carboxylic acids is 1. The van der Waals surface area contributed by atoms with Crippen molar-refractivity contribution >= 4 is 42.5 Å². The van der Waals surface area contributed by atoms with Crippen LogP contribution < -0.4 is 10.6 Å². The van der Waals surface area contributed by atoms with Gasteiger partial charge in [-0.2, -0.15) is 0 Å². The Balaban J connectivity index is 0.00000156. The highest BCUT2D eigenvalue weighted by Gasteiger charge is 2.27. The minimum atomic E-state index is -0.0298. The van der Waals surface area contributed by atoms with Crippen LogP contribution in [0.1, 0.15) is 31.4 Å². The minimum Gasteiger partial charge on any atom is -0.353 e. The van der Waals surface area contributed by atoms with Crippen LogP contribution in [0.15, 0.2) is 30.3 Å². The van der Waals surface area contributed by atoms with Gasteiger partial charge in [0.05, 0.1) is 12.1 Å². The Labute approximate surface area is 167 Å². The molecule has 2 heterocycles. The maximum absolute atomic E-state index is 12.3. The summed E-state index contributed by atoms with van der Waals surface area (Å²) in [6.45, 7) is 5.27. The van der Waals surface area contributed by atoms with Gasteiger partial charge < -0.3 is 5.32 Å². The Morgan fingerprint density at radius 3 is 2.56 bits per heavy atom. The number of thioether (sulfide) groups is 1. The third-order valence-corrected chi connectivity index (χ3v) is 5.89. The van der Waals surface area contributed by atoms with E-state index in [9.17, 15) is 4.79 Å². The molecule has 0 aromatic heterocycles. The number of rotatable bonds is 5. The SMILES string of the molecule is CC1CCN(C(CNC(=O)C2CSCN2)c2ccccc2)CC1.Cl.Cl. The van der Waals surface area contributed by atoms with E-state index in [0.29, 0.717) is 6.54 Å². The summed E-state index contributed by atoms with van der Waals surface area (Å²) >= 11 is 1.79. The lowest BCUT2D eigenvalue weighted by atomic mass is 9.95. The van der Waals surface area contributed by atoms with E-state index in [4.69, 9.17) is 0 Å². The van der Waals surface area contributed by atoms with Gasteiger partial charge in [-0.1, -0.05) is 37.3 Å². The first-order valence-corrected chi connectivity index (χ1v) is 9.77. The molecule has 7 heteroatoms. The Hall–Kier alpha value is -0.460. The smallest absolute Gasteiger partial charge is 0.238 e. The summed E-state index contributed by atoms with van der Waals surface area (Å²) in [7, 11) is 0. The Morgan fingerprint density at radius 2 is 1.96 bits per heavy atom. The predicted octanol–water partition coefficient (Wildman–Crippen LogP) is 3.08. The Bertz CT molecular complexity index is 506. The second-order valence-electron chi connectivity index (χ2n) is 6.66. The number of halogens is 2. The molecule has 2 unspecified atom stereocenters. The maximum atomic E-state index is 12.3. The summed E-state index contributed by atoms with van der Waals surface area (Å²) in [6.07, 6.45) is 2.50. The van der Waals surface area contributed by atoms with E-state index in [-0.39, 0.29) is 42.8 Å². The largest absolute Gasteiger partial charge is 0.353 e. The maximum Gasteiger partial charge on any atom is 0.238 e. The van der Waals surface area contributed by atoms with Crippen LogP contribution in [-0.4, -0.2) is 48.1 Å². The van der Waals surface area contributed by atoms with Gasteiger partial charge in [-0.3, -0.25) is 15.0 Å². The Kier molecular flexibility index (Phi) is 10.2. The molecule has 0 saturated carbocycles. The zero-order valence-electron chi connectivity index (χ0n) is 14.6. The molecular formula is C18H29Cl2N3OS. The van der Waals surface area contributed by atoms with Crippen molar-refractivity contribution in [3.05, 3.63) is 35.9 Å². The van der Waals surface area contributed by atoms with Gasteiger partial charge in [-0.25, -0.2) is 0 Å². The molecule has 0 radical (unpaired) electrons. The van der Waals surface area contributed by atoms with Gasteiger partial charge in [-0.05, 0) is 37.4 Å². The fourth-order valence-electron chi connectivity index (χ4n) is 3.36. The molecule has 2 aliphatic heterocycles. The minimum absolute atomic E-state index is 0. The van der Waals surface area contributed by atoms with Crippen LogP contribution in [0, 0.1) is 5.92 Å².